The fourth-order valence-electron chi connectivity index (χ4n) is 2.44. The normalized spacial score (nSPS) is 17.6. The Morgan fingerprint density at radius 3 is 2.85 bits per heavy atom. The molecule has 20 heavy (non-hydrogen) atoms. The summed E-state index contributed by atoms with van der Waals surface area (Å²) in [4.78, 5) is 28.1. The van der Waals surface area contributed by atoms with E-state index in [1.807, 2.05) is 22.9 Å². The molecule has 1 unspecified atom stereocenters. The molecule has 0 saturated heterocycles. The average Bonchev–Trinajstić information content (AvgIpc) is 3.14. The maximum Gasteiger partial charge on any atom is 0.333 e. The van der Waals surface area contributed by atoms with Crippen LogP contribution in [0.15, 0.2) is 29.0 Å². The van der Waals surface area contributed by atoms with Gasteiger partial charge in [0.25, 0.3) is 5.91 Å². The molecule has 0 N–H and O–H groups in total. The van der Waals surface area contributed by atoms with Crippen molar-refractivity contribution in [3.05, 3.63) is 44.3 Å². The van der Waals surface area contributed by atoms with Crippen LogP contribution < -0.4 is 0 Å². The number of ether oxygens (including phenoxy) is 1. The highest BCUT2D eigenvalue weighted by molar-refractivity contribution is 7.12. The first-order chi connectivity index (χ1) is 9.72. The van der Waals surface area contributed by atoms with Gasteiger partial charge in [-0.1, -0.05) is 6.07 Å². The zero-order valence-corrected chi connectivity index (χ0v) is 12.5. The maximum absolute atomic E-state index is 12.6. The summed E-state index contributed by atoms with van der Waals surface area (Å²) in [6.45, 7) is 0.546. The van der Waals surface area contributed by atoms with E-state index in [0.717, 1.165) is 16.9 Å². The summed E-state index contributed by atoms with van der Waals surface area (Å²) in [6, 6.07) is 4.91. The molecule has 104 valence electrons. The topological polar surface area (TPSA) is 46.6 Å². The molecule has 0 aliphatic carbocycles. The van der Waals surface area contributed by atoms with Crippen LogP contribution in [0.25, 0.3) is 0 Å². The Kier molecular flexibility index (Phi) is 3.58. The molecule has 1 amide bonds. The van der Waals surface area contributed by atoms with Gasteiger partial charge in [-0.3, -0.25) is 4.79 Å². The number of fused-ring (bicyclic) bond motifs is 1. The SMILES string of the molecule is COC(=O)C1c2ccsc2CCN1C(=O)c1cccs1. The third-order valence-corrected chi connectivity index (χ3v) is 5.24. The zero-order chi connectivity index (χ0) is 14.1. The van der Waals surface area contributed by atoms with Gasteiger partial charge in [-0.15, -0.1) is 22.7 Å². The number of carbonyl (C=O) groups excluding carboxylic acids is 2. The van der Waals surface area contributed by atoms with Gasteiger partial charge in [-0.05, 0) is 34.9 Å². The first-order valence-corrected chi connectivity index (χ1v) is 7.97. The van der Waals surface area contributed by atoms with Gasteiger partial charge in [0.2, 0.25) is 0 Å². The molecule has 1 atom stereocenters. The number of thiophene rings is 2. The van der Waals surface area contributed by atoms with Gasteiger partial charge in [-0.2, -0.15) is 0 Å². The molecule has 6 heteroatoms. The van der Waals surface area contributed by atoms with Crippen LogP contribution >= 0.6 is 22.7 Å². The summed E-state index contributed by atoms with van der Waals surface area (Å²) in [5.41, 5.74) is 0.901. The van der Waals surface area contributed by atoms with Gasteiger partial charge in [0, 0.05) is 11.4 Å². The van der Waals surface area contributed by atoms with Crippen molar-refractivity contribution in [1.82, 2.24) is 4.90 Å². The summed E-state index contributed by atoms with van der Waals surface area (Å²) < 4.78 is 4.89. The molecule has 1 aliphatic rings. The lowest BCUT2D eigenvalue weighted by atomic mass is 9.99. The second-order valence-electron chi connectivity index (χ2n) is 4.45. The van der Waals surface area contributed by atoms with Crippen molar-refractivity contribution in [2.24, 2.45) is 0 Å². The van der Waals surface area contributed by atoms with Crippen LogP contribution in [0.5, 0.6) is 0 Å². The van der Waals surface area contributed by atoms with Crippen molar-refractivity contribution in [3.63, 3.8) is 0 Å². The number of amides is 1. The lowest BCUT2D eigenvalue weighted by Crippen LogP contribution is -2.43. The largest absolute Gasteiger partial charge is 0.467 e. The fourth-order valence-corrected chi connectivity index (χ4v) is 4.03. The second-order valence-corrected chi connectivity index (χ2v) is 6.40. The first kappa shape index (κ1) is 13.3. The van der Waals surface area contributed by atoms with Gasteiger partial charge in [-0.25, -0.2) is 4.79 Å². The predicted molar refractivity (Wildman–Crippen MR) is 78.1 cm³/mol. The minimum absolute atomic E-state index is 0.104. The monoisotopic (exact) mass is 307 g/mol. The Morgan fingerprint density at radius 2 is 2.15 bits per heavy atom. The van der Waals surface area contributed by atoms with E-state index < -0.39 is 6.04 Å². The van der Waals surface area contributed by atoms with Crippen molar-refractivity contribution in [1.29, 1.82) is 0 Å². The molecule has 0 saturated carbocycles. The van der Waals surface area contributed by atoms with Crippen LogP contribution in [-0.4, -0.2) is 30.4 Å². The van der Waals surface area contributed by atoms with Crippen LogP contribution in [-0.2, 0) is 16.0 Å². The Morgan fingerprint density at radius 1 is 1.30 bits per heavy atom. The van der Waals surface area contributed by atoms with Crippen molar-refractivity contribution in [2.45, 2.75) is 12.5 Å². The molecular formula is C14H13NO3S2. The van der Waals surface area contributed by atoms with Crippen molar-refractivity contribution in [2.75, 3.05) is 13.7 Å². The summed E-state index contributed by atoms with van der Waals surface area (Å²) in [6.07, 6.45) is 0.789. The molecule has 1 aliphatic heterocycles. The van der Waals surface area contributed by atoms with E-state index >= 15 is 0 Å². The van der Waals surface area contributed by atoms with Gasteiger partial charge in [0.1, 0.15) is 0 Å². The average molecular weight is 307 g/mol. The van der Waals surface area contributed by atoms with E-state index in [1.54, 1.807) is 22.3 Å². The molecular weight excluding hydrogens is 294 g/mol. The highest BCUT2D eigenvalue weighted by Crippen LogP contribution is 2.35. The number of hydrogen-bond donors (Lipinski definition) is 0. The highest BCUT2D eigenvalue weighted by atomic mass is 32.1. The number of rotatable bonds is 2. The zero-order valence-electron chi connectivity index (χ0n) is 10.9. The number of carbonyl (C=O) groups is 2. The molecule has 3 rings (SSSR count). The molecule has 0 aromatic carbocycles. The molecule has 3 heterocycles. The van der Waals surface area contributed by atoms with E-state index in [9.17, 15) is 9.59 Å². The molecule has 0 bridgehead atoms. The van der Waals surface area contributed by atoms with E-state index in [1.165, 1.54) is 18.4 Å². The Hall–Kier alpha value is -1.66. The van der Waals surface area contributed by atoms with Crippen molar-refractivity contribution >= 4 is 34.6 Å². The van der Waals surface area contributed by atoms with Crippen LogP contribution in [0, 0.1) is 0 Å². The molecule has 0 fully saturated rings. The Bertz CT molecular complexity index is 633. The molecule has 2 aromatic rings. The van der Waals surface area contributed by atoms with Crippen molar-refractivity contribution in [3.8, 4) is 0 Å². The third-order valence-electron chi connectivity index (χ3n) is 3.38. The fraction of sp³-hybridized carbons (Fsp3) is 0.286. The second kappa shape index (κ2) is 5.38. The summed E-state index contributed by atoms with van der Waals surface area (Å²) in [7, 11) is 1.36. The summed E-state index contributed by atoms with van der Waals surface area (Å²) in [5, 5.41) is 3.82. The van der Waals surface area contributed by atoms with Crippen LogP contribution in [0.1, 0.15) is 26.2 Å². The standard InChI is InChI=1S/C14H13NO3S2/c1-18-14(17)12-9-5-8-20-10(9)4-6-15(12)13(16)11-3-2-7-19-11/h2-3,5,7-8,12H,4,6H2,1H3. The van der Waals surface area contributed by atoms with Gasteiger partial charge in [0.05, 0.1) is 12.0 Å². The summed E-state index contributed by atoms with van der Waals surface area (Å²) >= 11 is 3.01. The van der Waals surface area contributed by atoms with Gasteiger partial charge >= 0.3 is 5.97 Å². The lowest BCUT2D eigenvalue weighted by molar-refractivity contribution is -0.146. The molecule has 0 spiro atoms. The lowest BCUT2D eigenvalue weighted by Gasteiger charge is -2.33. The smallest absolute Gasteiger partial charge is 0.333 e. The minimum atomic E-state index is -0.621. The molecule has 2 aromatic heterocycles. The molecule has 4 nitrogen and oxygen atoms in total. The van der Waals surface area contributed by atoms with E-state index in [-0.39, 0.29) is 11.9 Å². The predicted octanol–water partition coefficient (Wildman–Crippen LogP) is 2.72. The summed E-state index contributed by atoms with van der Waals surface area (Å²) in [5.74, 6) is -0.485. The molecule has 0 radical (unpaired) electrons. The van der Waals surface area contributed by atoms with Crippen molar-refractivity contribution < 1.29 is 14.3 Å². The van der Waals surface area contributed by atoms with Crippen LogP contribution in [0.4, 0.5) is 0 Å². The van der Waals surface area contributed by atoms with E-state index in [2.05, 4.69) is 0 Å². The van der Waals surface area contributed by atoms with E-state index in [4.69, 9.17) is 4.74 Å². The third kappa shape index (κ3) is 2.14. The van der Waals surface area contributed by atoms with Gasteiger partial charge < -0.3 is 9.64 Å². The van der Waals surface area contributed by atoms with Crippen LogP contribution in [0.3, 0.4) is 0 Å². The first-order valence-electron chi connectivity index (χ1n) is 6.21. The maximum atomic E-state index is 12.6. The minimum Gasteiger partial charge on any atom is -0.467 e. The van der Waals surface area contributed by atoms with Gasteiger partial charge in [0.15, 0.2) is 6.04 Å². The number of nitrogens with zero attached hydrogens (tertiary/aromatic N) is 1. The number of hydrogen-bond acceptors (Lipinski definition) is 5. The van der Waals surface area contributed by atoms with Crippen LogP contribution in [0.2, 0.25) is 0 Å². The Labute approximate surface area is 124 Å². The number of methoxy groups -OCH3 is 1. The highest BCUT2D eigenvalue weighted by Gasteiger charge is 2.37. The van der Waals surface area contributed by atoms with E-state index in [0.29, 0.717) is 11.4 Å². The quantitative estimate of drug-likeness (QED) is 0.802. The Balaban J connectivity index is 1.98. The number of esters is 1.